The van der Waals surface area contributed by atoms with Crippen LogP contribution in [-0.2, 0) is 0 Å². The molecule has 2 rings (SSSR count). The predicted octanol–water partition coefficient (Wildman–Crippen LogP) is 3.33. The molecule has 6 heteroatoms. The van der Waals surface area contributed by atoms with Gasteiger partial charge in [-0.05, 0) is 37.3 Å². The summed E-state index contributed by atoms with van der Waals surface area (Å²) in [4.78, 5) is 13.6. The van der Waals surface area contributed by atoms with E-state index in [9.17, 15) is 0 Å². The maximum absolute atomic E-state index is 5.63. The Morgan fingerprint density at radius 2 is 2.05 bits per heavy atom. The number of nitrogen functional groups attached to an aromatic ring is 1. The fourth-order valence-electron chi connectivity index (χ4n) is 1.82. The summed E-state index contributed by atoms with van der Waals surface area (Å²) in [6, 6.07) is 2.34. The Labute approximate surface area is 118 Å². The summed E-state index contributed by atoms with van der Waals surface area (Å²) in [5, 5.41) is 5.42. The van der Waals surface area contributed by atoms with Crippen molar-refractivity contribution in [1.29, 1.82) is 0 Å². The molecule has 1 unspecified atom stereocenters. The van der Waals surface area contributed by atoms with E-state index in [0.717, 1.165) is 6.42 Å². The average Bonchev–Trinajstić information content (AvgIpc) is 2.71. The zero-order chi connectivity index (χ0) is 13.1. The van der Waals surface area contributed by atoms with Gasteiger partial charge in [-0.3, -0.25) is 0 Å². The molecular formula is C13H21N5S. The van der Waals surface area contributed by atoms with Crippen molar-refractivity contribution in [3.8, 4) is 0 Å². The second kappa shape index (κ2) is 6.47. The van der Waals surface area contributed by atoms with Crippen molar-refractivity contribution >= 4 is 23.2 Å². The van der Waals surface area contributed by atoms with Crippen LogP contribution in [0.1, 0.15) is 43.1 Å². The number of nitrogens with zero attached hydrogens (tertiary/aromatic N) is 3. The van der Waals surface area contributed by atoms with Gasteiger partial charge >= 0.3 is 0 Å². The third-order valence-electron chi connectivity index (χ3n) is 2.69. The van der Waals surface area contributed by atoms with Crippen LogP contribution in [0.25, 0.3) is 0 Å². The van der Waals surface area contributed by atoms with E-state index in [-0.39, 0.29) is 19.4 Å². The molecule has 0 saturated heterocycles. The lowest BCUT2D eigenvalue weighted by molar-refractivity contribution is 0.744. The van der Waals surface area contributed by atoms with Crippen molar-refractivity contribution in [2.24, 2.45) is 0 Å². The Balaban J connectivity index is 0.00000180. The van der Waals surface area contributed by atoms with Crippen molar-refractivity contribution < 1.29 is 0 Å². The fraction of sp³-hybridized carbons (Fsp3) is 0.462. The Bertz CT molecular complexity index is 517. The third kappa shape index (κ3) is 3.64. The van der Waals surface area contributed by atoms with Gasteiger partial charge in [0.2, 0.25) is 11.9 Å². The van der Waals surface area contributed by atoms with Crippen molar-refractivity contribution in [1.82, 2.24) is 15.0 Å². The van der Waals surface area contributed by atoms with E-state index in [1.807, 2.05) is 0 Å². The molecule has 0 amide bonds. The Hall–Kier alpha value is -1.69. The van der Waals surface area contributed by atoms with Gasteiger partial charge in [-0.1, -0.05) is 14.4 Å². The molecule has 104 valence electrons. The van der Waals surface area contributed by atoms with Crippen LogP contribution >= 0.6 is 11.3 Å². The van der Waals surface area contributed by atoms with Crippen LogP contribution in [0.15, 0.2) is 11.4 Å². The second-order valence-corrected chi connectivity index (χ2v) is 5.09. The molecule has 0 aliphatic rings. The highest BCUT2D eigenvalue weighted by Gasteiger charge is 2.14. The van der Waals surface area contributed by atoms with Gasteiger partial charge in [0.25, 0.3) is 0 Å². The lowest BCUT2D eigenvalue weighted by Gasteiger charge is -2.16. The Morgan fingerprint density at radius 3 is 2.58 bits per heavy atom. The fourth-order valence-corrected chi connectivity index (χ4v) is 2.88. The van der Waals surface area contributed by atoms with Gasteiger partial charge in [-0.2, -0.15) is 15.0 Å². The molecule has 19 heavy (non-hydrogen) atoms. The normalized spacial score (nSPS) is 11.7. The molecule has 0 radical (unpaired) electrons. The number of nitrogens with one attached hydrogen (secondary N) is 1. The molecule has 2 aromatic heterocycles. The van der Waals surface area contributed by atoms with Crippen molar-refractivity contribution in [2.75, 3.05) is 11.1 Å². The standard InChI is InChI=1S/C12H17N5S.CH4/c1-4-9(10-7(2)5-6-18-10)16-12-15-8(3)14-11(13)17-12;/h5-6,9H,4H2,1-3H3,(H3,13,14,15,16,17);1H4. The summed E-state index contributed by atoms with van der Waals surface area (Å²) in [7, 11) is 0. The van der Waals surface area contributed by atoms with Crippen molar-refractivity contribution in [3.05, 3.63) is 27.7 Å². The summed E-state index contributed by atoms with van der Waals surface area (Å²) in [5.74, 6) is 1.42. The zero-order valence-electron chi connectivity index (χ0n) is 10.8. The van der Waals surface area contributed by atoms with E-state index in [2.05, 4.69) is 45.6 Å². The largest absolute Gasteiger partial charge is 0.368 e. The molecule has 0 spiro atoms. The zero-order valence-corrected chi connectivity index (χ0v) is 11.6. The first kappa shape index (κ1) is 15.4. The molecule has 0 aliphatic heterocycles. The Kier molecular flexibility index (Phi) is 5.23. The molecule has 0 aliphatic carbocycles. The van der Waals surface area contributed by atoms with Crippen LogP contribution in [-0.4, -0.2) is 15.0 Å². The first-order chi connectivity index (χ1) is 8.60. The topological polar surface area (TPSA) is 76.7 Å². The molecule has 2 heterocycles. The van der Waals surface area contributed by atoms with Gasteiger partial charge in [-0.15, -0.1) is 11.3 Å². The molecule has 1 atom stereocenters. The van der Waals surface area contributed by atoms with Crippen LogP contribution < -0.4 is 11.1 Å². The smallest absolute Gasteiger partial charge is 0.228 e. The van der Waals surface area contributed by atoms with Crippen molar-refractivity contribution in [3.63, 3.8) is 0 Å². The maximum Gasteiger partial charge on any atom is 0.228 e. The summed E-state index contributed by atoms with van der Waals surface area (Å²) in [5.41, 5.74) is 6.92. The predicted molar refractivity (Wildman–Crippen MR) is 81.4 cm³/mol. The molecule has 3 N–H and O–H groups in total. The number of aryl methyl sites for hydroxylation is 2. The minimum Gasteiger partial charge on any atom is -0.368 e. The quantitative estimate of drug-likeness (QED) is 0.897. The number of nitrogens with two attached hydrogens (primary N) is 1. The van der Waals surface area contributed by atoms with Crippen LogP contribution in [0, 0.1) is 13.8 Å². The molecule has 5 nitrogen and oxygen atoms in total. The van der Waals surface area contributed by atoms with Gasteiger partial charge in [0.1, 0.15) is 5.82 Å². The van der Waals surface area contributed by atoms with Crippen LogP contribution in [0.3, 0.4) is 0 Å². The van der Waals surface area contributed by atoms with Crippen LogP contribution in [0.5, 0.6) is 0 Å². The van der Waals surface area contributed by atoms with E-state index < -0.39 is 0 Å². The molecule has 0 saturated carbocycles. The second-order valence-electron chi connectivity index (χ2n) is 4.14. The highest BCUT2D eigenvalue weighted by molar-refractivity contribution is 7.10. The van der Waals surface area contributed by atoms with Gasteiger partial charge in [-0.25, -0.2) is 0 Å². The van der Waals surface area contributed by atoms with E-state index in [1.54, 1.807) is 18.3 Å². The summed E-state index contributed by atoms with van der Waals surface area (Å²) in [6.07, 6.45) is 0.964. The highest BCUT2D eigenvalue weighted by Crippen LogP contribution is 2.28. The first-order valence-corrected chi connectivity index (χ1v) is 6.76. The lowest BCUT2D eigenvalue weighted by atomic mass is 10.1. The molecule has 2 aromatic rings. The Morgan fingerprint density at radius 1 is 1.32 bits per heavy atom. The average molecular weight is 279 g/mol. The SMILES string of the molecule is C.CCC(Nc1nc(C)nc(N)n1)c1sccc1C. The third-order valence-corrected chi connectivity index (χ3v) is 3.83. The molecule has 0 fully saturated rings. The number of rotatable bonds is 4. The summed E-state index contributed by atoms with van der Waals surface area (Å²) in [6.45, 7) is 6.05. The minimum atomic E-state index is 0. The summed E-state index contributed by atoms with van der Waals surface area (Å²) >= 11 is 1.74. The van der Waals surface area contributed by atoms with E-state index in [0.29, 0.717) is 11.8 Å². The van der Waals surface area contributed by atoms with Gasteiger partial charge < -0.3 is 11.1 Å². The first-order valence-electron chi connectivity index (χ1n) is 5.88. The number of hydrogen-bond acceptors (Lipinski definition) is 6. The van der Waals surface area contributed by atoms with E-state index >= 15 is 0 Å². The van der Waals surface area contributed by atoms with E-state index in [4.69, 9.17) is 5.73 Å². The van der Waals surface area contributed by atoms with Crippen LogP contribution in [0.4, 0.5) is 11.9 Å². The van der Waals surface area contributed by atoms with E-state index in [1.165, 1.54) is 10.4 Å². The number of aromatic nitrogens is 3. The van der Waals surface area contributed by atoms with Crippen molar-refractivity contribution in [2.45, 2.75) is 40.7 Å². The molecular weight excluding hydrogens is 258 g/mol. The molecule has 0 aromatic carbocycles. The monoisotopic (exact) mass is 279 g/mol. The van der Waals surface area contributed by atoms with Gasteiger partial charge in [0, 0.05) is 4.88 Å². The highest BCUT2D eigenvalue weighted by atomic mass is 32.1. The summed E-state index contributed by atoms with van der Waals surface area (Å²) < 4.78 is 0. The minimum absolute atomic E-state index is 0. The number of anilines is 2. The maximum atomic E-state index is 5.63. The van der Waals surface area contributed by atoms with Gasteiger partial charge in [0.15, 0.2) is 0 Å². The van der Waals surface area contributed by atoms with Gasteiger partial charge in [0.05, 0.1) is 6.04 Å². The lowest BCUT2D eigenvalue weighted by Crippen LogP contribution is -2.13. The number of hydrogen-bond donors (Lipinski definition) is 2. The van der Waals surface area contributed by atoms with Crippen LogP contribution in [0.2, 0.25) is 0 Å². The number of thiophene rings is 1. The molecule has 0 bridgehead atoms.